The number of rotatable bonds is 2. The van der Waals surface area contributed by atoms with Gasteiger partial charge in [0.1, 0.15) is 0 Å². The lowest BCUT2D eigenvalue weighted by Crippen LogP contribution is -2.45. The van der Waals surface area contributed by atoms with E-state index in [1.54, 1.807) is 6.92 Å². The molecule has 2 rings (SSSR count). The van der Waals surface area contributed by atoms with Gasteiger partial charge in [-0.05, 0) is 43.5 Å². The highest BCUT2D eigenvalue weighted by atomic mass is 19.4. The second-order valence-corrected chi connectivity index (χ2v) is 6.14. The van der Waals surface area contributed by atoms with Crippen molar-refractivity contribution in [2.45, 2.75) is 57.4 Å². The Balaban J connectivity index is 2.37. The van der Waals surface area contributed by atoms with Gasteiger partial charge in [-0.1, -0.05) is 13.0 Å². The Morgan fingerprint density at radius 2 is 2.00 bits per heavy atom. The van der Waals surface area contributed by atoms with Gasteiger partial charge in [-0.15, -0.1) is 0 Å². The van der Waals surface area contributed by atoms with E-state index in [9.17, 15) is 18.3 Å². The zero-order valence-electron chi connectivity index (χ0n) is 12.5. The fourth-order valence-electron chi connectivity index (χ4n) is 3.04. The van der Waals surface area contributed by atoms with Crippen LogP contribution in [0.25, 0.3) is 0 Å². The summed E-state index contributed by atoms with van der Waals surface area (Å²) in [5, 5.41) is 10.9. The molecule has 1 heterocycles. The quantitative estimate of drug-likeness (QED) is 0.888. The molecule has 1 aromatic carbocycles. The fraction of sp³-hybridized carbons (Fsp3) is 0.625. The van der Waals surface area contributed by atoms with Gasteiger partial charge in [0.2, 0.25) is 0 Å². The van der Waals surface area contributed by atoms with E-state index < -0.39 is 22.9 Å². The molecule has 1 fully saturated rings. The standard InChI is InChI=1S/C16H21F3O2/c1-4-14(3)10-15(20,7-8-21-14)13-6-5-12(9-11(13)2)16(17,18)19/h5-6,9,20H,4,7-8,10H2,1-3H3. The van der Waals surface area contributed by atoms with Crippen molar-refractivity contribution in [2.75, 3.05) is 6.61 Å². The third-order valence-corrected chi connectivity index (χ3v) is 4.44. The third kappa shape index (κ3) is 3.24. The van der Waals surface area contributed by atoms with Gasteiger partial charge in [-0.2, -0.15) is 13.2 Å². The second-order valence-electron chi connectivity index (χ2n) is 6.14. The maximum absolute atomic E-state index is 12.7. The molecule has 0 saturated carbocycles. The van der Waals surface area contributed by atoms with E-state index in [0.717, 1.165) is 18.6 Å². The molecule has 1 aromatic rings. The number of alkyl halides is 3. The van der Waals surface area contributed by atoms with Gasteiger partial charge in [0.15, 0.2) is 0 Å². The normalized spacial score (nSPS) is 30.4. The van der Waals surface area contributed by atoms with Gasteiger partial charge < -0.3 is 9.84 Å². The summed E-state index contributed by atoms with van der Waals surface area (Å²) in [5.41, 5.74) is -1.22. The fourth-order valence-corrected chi connectivity index (χ4v) is 3.04. The smallest absolute Gasteiger partial charge is 0.385 e. The molecule has 1 N–H and O–H groups in total. The van der Waals surface area contributed by atoms with Crippen molar-refractivity contribution in [3.8, 4) is 0 Å². The summed E-state index contributed by atoms with van der Waals surface area (Å²) in [7, 11) is 0. The predicted octanol–water partition coefficient (Wildman–Crippen LogP) is 4.18. The Labute approximate surface area is 122 Å². The number of benzene rings is 1. The van der Waals surface area contributed by atoms with Gasteiger partial charge in [-0.25, -0.2) is 0 Å². The van der Waals surface area contributed by atoms with Gasteiger partial charge in [-0.3, -0.25) is 0 Å². The maximum Gasteiger partial charge on any atom is 0.416 e. The average Bonchev–Trinajstić information content (AvgIpc) is 2.37. The van der Waals surface area contributed by atoms with E-state index >= 15 is 0 Å². The molecule has 0 spiro atoms. The third-order valence-electron chi connectivity index (χ3n) is 4.44. The molecule has 1 aliphatic rings. The summed E-state index contributed by atoms with van der Waals surface area (Å²) >= 11 is 0. The lowest BCUT2D eigenvalue weighted by molar-refractivity contribution is -0.158. The number of halogens is 3. The van der Waals surface area contributed by atoms with E-state index in [0.29, 0.717) is 30.6 Å². The van der Waals surface area contributed by atoms with Crippen LogP contribution in [0.5, 0.6) is 0 Å². The highest BCUT2D eigenvalue weighted by Crippen LogP contribution is 2.43. The molecule has 0 aromatic heterocycles. The first kappa shape index (κ1) is 16.3. The lowest BCUT2D eigenvalue weighted by Gasteiger charge is -2.44. The van der Waals surface area contributed by atoms with Crippen LogP contribution in [0.1, 0.15) is 49.8 Å². The lowest BCUT2D eigenvalue weighted by atomic mass is 9.76. The minimum atomic E-state index is -4.36. The average molecular weight is 302 g/mol. The first-order chi connectivity index (χ1) is 9.60. The minimum Gasteiger partial charge on any atom is -0.385 e. The van der Waals surface area contributed by atoms with Crippen molar-refractivity contribution in [1.29, 1.82) is 0 Å². The Bertz CT molecular complexity index is 527. The van der Waals surface area contributed by atoms with Crippen LogP contribution in [0.4, 0.5) is 13.2 Å². The molecule has 21 heavy (non-hydrogen) atoms. The number of hydrogen-bond acceptors (Lipinski definition) is 2. The molecule has 0 radical (unpaired) electrons. The second kappa shape index (κ2) is 5.29. The molecule has 0 bridgehead atoms. The monoisotopic (exact) mass is 302 g/mol. The van der Waals surface area contributed by atoms with Gasteiger partial charge in [0, 0.05) is 12.8 Å². The zero-order chi connectivity index (χ0) is 15.9. The molecule has 0 amide bonds. The number of aliphatic hydroxyl groups is 1. The van der Waals surface area contributed by atoms with E-state index in [2.05, 4.69) is 0 Å². The van der Waals surface area contributed by atoms with Crippen LogP contribution in [0.3, 0.4) is 0 Å². The summed E-state index contributed by atoms with van der Waals surface area (Å²) in [6.45, 7) is 5.92. The van der Waals surface area contributed by atoms with Gasteiger partial charge >= 0.3 is 6.18 Å². The molecule has 1 saturated heterocycles. The molecule has 0 aliphatic carbocycles. The Morgan fingerprint density at radius 1 is 1.33 bits per heavy atom. The van der Waals surface area contributed by atoms with Crippen molar-refractivity contribution in [2.24, 2.45) is 0 Å². The summed E-state index contributed by atoms with van der Waals surface area (Å²) in [5.74, 6) is 0. The number of hydrogen-bond donors (Lipinski definition) is 1. The van der Waals surface area contributed by atoms with Crippen molar-refractivity contribution in [1.82, 2.24) is 0 Å². The zero-order valence-corrected chi connectivity index (χ0v) is 12.5. The molecule has 2 unspecified atom stereocenters. The SMILES string of the molecule is CCC1(C)CC(O)(c2ccc(C(F)(F)F)cc2C)CCO1. The van der Waals surface area contributed by atoms with Crippen LogP contribution in [0, 0.1) is 6.92 Å². The topological polar surface area (TPSA) is 29.5 Å². The highest BCUT2D eigenvalue weighted by molar-refractivity contribution is 5.37. The Morgan fingerprint density at radius 3 is 2.52 bits per heavy atom. The van der Waals surface area contributed by atoms with E-state index in [1.165, 1.54) is 6.07 Å². The molecule has 2 nitrogen and oxygen atoms in total. The van der Waals surface area contributed by atoms with Crippen LogP contribution in [-0.2, 0) is 16.5 Å². The summed E-state index contributed by atoms with van der Waals surface area (Å²) in [6.07, 6.45) is -2.83. The molecule has 2 atom stereocenters. The summed E-state index contributed by atoms with van der Waals surface area (Å²) in [6, 6.07) is 3.55. The largest absolute Gasteiger partial charge is 0.416 e. The van der Waals surface area contributed by atoms with Crippen LogP contribution < -0.4 is 0 Å². The van der Waals surface area contributed by atoms with Crippen molar-refractivity contribution in [3.05, 3.63) is 34.9 Å². The molecule has 118 valence electrons. The van der Waals surface area contributed by atoms with Crippen molar-refractivity contribution in [3.63, 3.8) is 0 Å². The van der Waals surface area contributed by atoms with Crippen LogP contribution in [0.15, 0.2) is 18.2 Å². The first-order valence-electron chi connectivity index (χ1n) is 7.14. The molecule has 1 aliphatic heterocycles. The number of ether oxygens (including phenoxy) is 1. The summed E-state index contributed by atoms with van der Waals surface area (Å²) in [4.78, 5) is 0. The molecular weight excluding hydrogens is 281 g/mol. The highest BCUT2D eigenvalue weighted by Gasteiger charge is 2.43. The van der Waals surface area contributed by atoms with Gasteiger partial charge in [0.05, 0.1) is 23.4 Å². The maximum atomic E-state index is 12.7. The van der Waals surface area contributed by atoms with Crippen LogP contribution >= 0.6 is 0 Å². The van der Waals surface area contributed by atoms with E-state index in [4.69, 9.17) is 4.74 Å². The predicted molar refractivity (Wildman–Crippen MR) is 74.0 cm³/mol. The van der Waals surface area contributed by atoms with E-state index in [-0.39, 0.29) is 0 Å². The first-order valence-corrected chi connectivity index (χ1v) is 7.14. The van der Waals surface area contributed by atoms with Crippen LogP contribution in [0.2, 0.25) is 0 Å². The van der Waals surface area contributed by atoms with Gasteiger partial charge in [0.25, 0.3) is 0 Å². The van der Waals surface area contributed by atoms with Crippen molar-refractivity contribution >= 4 is 0 Å². The van der Waals surface area contributed by atoms with Crippen LogP contribution in [-0.4, -0.2) is 17.3 Å². The Hall–Kier alpha value is -1.07. The Kier molecular flexibility index (Phi) is 4.10. The van der Waals surface area contributed by atoms with E-state index in [1.807, 2.05) is 13.8 Å². The molecular formula is C16H21F3O2. The van der Waals surface area contributed by atoms with Crippen molar-refractivity contribution < 1.29 is 23.0 Å². The molecule has 5 heteroatoms. The number of aryl methyl sites for hydroxylation is 1. The summed E-state index contributed by atoms with van der Waals surface area (Å²) < 4.78 is 43.9. The minimum absolute atomic E-state index is 0.392.